The van der Waals surface area contributed by atoms with Crippen LogP contribution in [-0.4, -0.2) is 50.3 Å². The third-order valence-corrected chi connectivity index (χ3v) is 7.21. The van der Waals surface area contributed by atoms with Crippen molar-refractivity contribution in [3.63, 3.8) is 0 Å². The number of carbonyl (C=O) groups excluding carboxylic acids is 2. The van der Waals surface area contributed by atoms with Gasteiger partial charge in [0.05, 0.1) is 17.7 Å². The van der Waals surface area contributed by atoms with Crippen LogP contribution in [0.5, 0.6) is 5.75 Å². The summed E-state index contributed by atoms with van der Waals surface area (Å²) < 4.78 is 33.5. The molecule has 0 saturated carbocycles. The molecule has 2 N–H and O–H groups in total. The normalized spacial score (nSPS) is 14.3. The number of carbonyl (C=O) groups is 2. The van der Waals surface area contributed by atoms with Crippen molar-refractivity contribution in [1.82, 2.24) is 9.88 Å². The van der Waals surface area contributed by atoms with Crippen molar-refractivity contribution >= 4 is 33.2 Å². The van der Waals surface area contributed by atoms with Gasteiger partial charge in [0.15, 0.2) is 0 Å². The topological polar surface area (TPSA) is 118 Å². The highest BCUT2D eigenvalue weighted by Gasteiger charge is 2.28. The largest absolute Gasteiger partial charge is 0.495 e. The Morgan fingerprint density at radius 1 is 1.00 bits per heavy atom. The minimum Gasteiger partial charge on any atom is -0.495 e. The Bertz CT molecular complexity index is 1310. The van der Waals surface area contributed by atoms with Crippen LogP contribution in [0.2, 0.25) is 0 Å². The number of anilines is 2. The predicted molar refractivity (Wildman–Crippen MR) is 132 cm³/mol. The molecule has 9 nitrogen and oxygen atoms in total. The molecule has 1 aliphatic rings. The molecule has 35 heavy (non-hydrogen) atoms. The first-order valence-corrected chi connectivity index (χ1v) is 12.6. The van der Waals surface area contributed by atoms with E-state index in [0.29, 0.717) is 48.6 Å². The number of benzene rings is 2. The van der Waals surface area contributed by atoms with E-state index in [2.05, 4.69) is 15.0 Å². The van der Waals surface area contributed by atoms with Gasteiger partial charge in [-0.25, -0.2) is 8.42 Å². The molecule has 4 rings (SSSR count). The summed E-state index contributed by atoms with van der Waals surface area (Å²) in [4.78, 5) is 31.1. The van der Waals surface area contributed by atoms with Gasteiger partial charge in [-0.1, -0.05) is 18.2 Å². The summed E-state index contributed by atoms with van der Waals surface area (Å²) in [5.41, 5.74) is 1.27. The van der Waals surface area contributed by atoms with Gasteiger partial charge in [-0.05, 0) is 55.3 Å². The van der Waals surface area contributed by atoms with Gasteiger partial charge in [-0.15, -0.1) is 0 Å². The molecule has 2 aromatic carbocycles. The van der Waals surface area contributed by atoms with Crippen molar-refractivity contribution in [2.45, 2.75) is 17.7 Å². The molecule has 0 radical (unpaired) electrons. The Morgan fingerprint density at radius 2 is 1.71 bits per heavy atom. The number of hydrogen-bond acceptors (Lipinski definition) is 6. The Kier molecular flexibility index (Phi) is 7.31. The fourth-order valence-corrected chi connectivity index (χ4v) is 5.06. The van der Waals surface area contributed by atoms with E-state index in [0.717, 1.165) is 0 Å². The van der Waals surface area contributed by atoms with Crippen molar-refractivity contribution in [1.29, 1.82) is 0 Å². The summed E-state index contributed by atoms with van der Waals surface area (Å²) in [7, 11) is -2.44. The predicted octanol–water partition coefficient (Wildman–Crippen LogP) is 3.38. The quantitative estimate of drug-likeness (QED) is 0.520. The molecule has 0 bridgehead atoms. The van der Waals surface area contributed by atoms with E-state index < -0.39 is 10.0 Å². The number of sulfonamides is 1. The van der Waals surface area contributed by atoms with Gasteiger partial charge in [-0.3, -0.25) is 19.3 Å². The molecule has 0 spiro atoms. The number of pyridine rings is 1. The van der Waals surface area contributed by atoms with E-state index in [1.807, 2.05) is 0 Å². The first-order chi connectivity index (χ1) is 16.9. The van der Waals surface area contributed by atoms with Crippen molar-refractivity contribution in [2.24, 2.45) is 5.92 Å². The summed E-state index contributed by atoms with van der Waals surface area (Å²) in [6.45, 7) is 0.937. The van der Waals surface area contributed by atoms with Crippen molar-refractivity contribution in [3.05, 3.63) is 78.6 Å². The Balaban J connectivity index is 1.38. The maximum atomic E-state index is 12.9. The Hall–Kier alpha value is -3.92. The monoisotopic (exact) mass is 494 g/mol. The molecule has 2 heterocycles. The number of methoxy groups -OCH3 is 1. The molecule has 3 aromatic rings. The fourth-order valence-electron chi connectivity index (χ4n) is 3.94. The van der Waals surface area contributed by atoms with E-state index in [-0.39, 0.29) is 22.6 Å². The summed E-state index contributed by atoms with van der Waals surface area (Å²) in [6, 6.07) is 16.1. The lowest BCUT2D eigenvalue weighted by Crippen LogP contribution is -2.41. The summed E-state index contributed by atoms with van der Waals surface area (Å²) in [6.07, 6.45) is 4.20. The second-order valence-corrected chi connectivity index (χ2v) is 9.81. The molecular formula is C25H26N4O5S. The number of nitrogens with one attached hydrogen (secondary N) is 2. The molecular weight excluding hydrogens is 468 g/mol. The Labute approximate surface area is 204 Å². The molecule has 2 amide bonds. The zero-order valence-electron chi connectivity index (χ0n) is 19.2. The zero-order valence-corrected chi connectivity index (χ0v) is 20.0. The van der Waals surface area contributed by atoms with Crippen LogP contribution in [-0.2, 0) is 14.8 Å². The molecule has 10 heteroatoms. The molecule has 1 aliphatic heterocycles. The lowest BCUT2D eigenvalue weighted by Gasteiger charge is -2.31. The van der Waals surface area contributed by atoms with Crippen molar-refractivity contribution in [2.75, 3.05) is 30.2 Å². The molecule has 1 aromatic heterocycles. The first kappa shape index (κ1) is 24.2. The average Bonchev–Trinajstić information content (AvgIpc) is 2.89. The van der Waals surface area contributed by atoms with Gasteiger partial charge in [0.2, 0.25) is 5.91 Å². The summed E-state index contributed by atoms with van der Waals surface area (Å²) in [5.74, 6) is -0.155. The number of aromatic nitrogens is 1. The first-order valence-electron chi connectivity index (χ1n) is 11.1. The fraction of sp³-hybridized carbons (Fsp3) is 0.240. The molecule has 1 fully saturated rings. The third kappa shape index (κ3) is 5.78. The number of rotatable bonds is 7. The van der Waals surface area contributed by atoms with Crippen LogP contribution < -0.4 is 14.8 Å². The maximum absolute atomic E-state index is 12.9. The minimum atomic E-state index is -3.90. The number of likely N-dealkylation sites (tertiary alicyclic amines) is 1. The lowest BCUT2D eigenvalue weighted by molar-refractivity contribution is -0.121. The number of piperidine rings is 1. The Morgan fingerprint density at radius 3 is 2.43 bits per heavy atom. The van der Waals surface area contributed by atoms with E-state index in [9.17, 15) is 18.0 Å². The van der Waals surface area contributed by atoms with Crippen LogP contribution in [0, 0.1) is 5.92 Å². The van der Waals surface area contributed by atoms with E-state index in [1.54, 1.807) is 65.8 Å². The van der Waals surface area contributed by atoms with Gasteiger partial charge in [-0.2, -0.15) is 0 Å². The standard InChI is InChI=1S/C25H26N4O5S/c1-34-23-8-3-2-7-22(23)28-35(32,33)21-6-4-5-20(17-21)27-24(30)18-11-15-29(16-12-18)25(31)19-9-13-26-14-10-19/h2-10,13-14,17-18,28H,11-12,15-16H2,1H3,(H,27,30). The van der Waals surface area contributed by atoms with Crippen molar-refractivity contribution < 1.29 is 22.7 Å². The molecule has 0 atom stereocenters. The van der Waals surface area contributed by atoms with Crippen LogP contribution in [0.3, 0.4) is 0 Å². The number of ether oxygens (including phenoxy) is 1. The second-order valence-electron chi connectivity index (χ2n) is 8.13. The number of amides is 2. The van der Waals surface area contributed by atoms with E-state index >= 15 is 0 Å². The molecule has 182 valence electrons. The highest BCUT2D eigenvalue weighted by Crippen LogP contribution is 2.27. The van der Waals surface area contributed by atoms with Crippen LogP contribution >= 0.6 is 0 Å². The average molecular weight is 495 g/mol. The van der Waals surface area contributed by atoms with Gasteiger partial charge < -0.3 is 15.0 Å². The van der Waals surface area contributed by atoms with Crippen LogP contribution in [0.15, 0.2) is 78.0 Å². The van der Waals surface area contributed by atoms with Gasteiger partial charge in [0.1, 0.15) is 5.75 Å². The SMILES string of the molecule is COc1ccccc1NS(=O)(=O)c1cccc(NC(=O)C2CCN(C(=O)c3ccncc3)CC2)c1. The molecule has 0 aliphatic carbocycles. The highest BCUT2D eigenvalue weighted by molar-refractivity contribution is 7.92. The van der Waals surface area contributed by atoms with Gasteiger partial charge in [0, 0.05) is 42.7 Å². The smallest absolute Gasteiger partial charge is 0.262 e. The number of para-hydroxylation sites is 2. The summed E-state index contributed by atoms with van der Waals surface area (Å²) in [5, 5.41) is 2.82. The molecule has 0 unspecified atom stereocenters. The number of hydrogen-bond donors (Lipinski definition) is 2. The highest BCUT2D eigenvalue weighted by atomic mass is 32.2. The van der Waals surface area contributed by atoms with E-state index in [4.69, 9.17) is 4.74 Å². The summed E-state index contributed by atoms with van der Waals surface area (Å²) >= 11 is 0. The zero-order chi connectivity index (χ0) is 24.8. The van der Waals surface area contributed by atoms with Gasteiger partial charge >= 0.3 is 0 Å². The van der Waals surface area contributed by atoms with Crippen LogP contribution in [0.4, 0.5) is 11.4 Å². The minimum absolute atomic E-state index is 0.0129. The van der Waals surface area contributed by atoms with E-state index in [1.165, 1.54) is 19.2 Å². The van der Waals surface area contributed by atoms with Gasteiger partial charge in [0.25, 0.3) is 15.9 Å². The third-order valence-electron chi connectivity index (χ3n) is 5.84. The maximum Gasteiger partial charge on any atom is 0.262 e. The molecule has 1 saturated heterocycles. The number of nitrogens with zero attached hydrogens (tertiary/aromatic N) is 2. The van der Waals surface area contributed by atoms with Crippen LogP contribution in [0.1, 0.15) is 23.2 Å². The van der Waals surface area contributed by atoms with Crippen LogP contribution in [0.25, 0.3) is 0 Å². The second kappa shape index (κ2) is 10.6. The van der Waals surface area contributed by atoms with Crippen molar-refractivity contribution in [3.8, 4) is 5.75 Å². The lowest BCUT2D eigenvalue weighted by atomic mass is 9.95.